The highest BCUT2D eigenvalue weighted by molar-refractivity contribution is 5.97. The molecule has 3 rings (SSSR count). The molecule has 118 valence electrons. The van der Waals surface area contributed by atoms with Gasteiger partial charge in [-0.05, 0) is 54.7 Å². The lowest BCUT2D eigenvalue weighted by molar-refractivity contribution is -0.143. The first-order valence-electron chi connectivity index (χ1n) is 7.68. The van der Waals surface area contributed by atoms with Gasteiger partial charge in [-0.2, -0.15) is 0 Å². The number of amides is 1. The second-order valence-corrected chi connectivity index (χ2v) is 5.99. The summed E-state index contributed by atoms with van der Waals surface area (Å²) >= 11 is 0. The Balaban J connectivity index is 2.00. The molecule has 0 spiro atoms. The second kappa shape index (κ2) is 5.88. The maximum atomic E-state index is 12.9. The summed E-state index contributed by atoms with van der Waals surface area (Å²) in [6, 6.07) is 12.0. The van der Waals surface area contributed by atoms with Gasteiger partial charge in [-0.3, -0.25) is 4.79 Å². The number of fused-ring (bicyclic) bond motifs is 1. The van der Waals surface area contributed by atoms with Gasteiger partial charge < -0.3 is 10.0 Å². The van der Waals surface area contributed by atoms with Crippen LogP contribution in [0, 0.1) is 13.8 Å². The van der Waals surface area contributed by atoms with Crippen molar-refractivity contribution in [3.05, 3.63) is 70.3 Å². The van der Waals surface area contributed by atoms with Crippen molar-refractivity contribution in [1.82, 2.24) is 4.90 Å². The molecule has 0 aromatic heterocycles. The fourth-order valence-electron chi connectivity index (χ4n) is 3.09. The Morgan fingerprint density at radius 2 is 1.83 bits per heavy atom. The van der Waals surface area contributed by atoms with Crippen LogP contribution in [0.2, 0.25) is 0 Å². The van der Waals surface area contributed by atoms with Crippen LogP contribution >= 0.6 is 0 Å². The number of carboxylic acids is 1. The lowest BCUT2D eigenvalue weighted by Gasteiger charge is -2.35. The number of rotatable bonds is 2. The van der Waals surface area contributed by atoms with Crippen LogP contribution in [0.4, 0.5) is 0 Å². The van der Waals surface area contributed by atoms with Gasteiger partial charge in [0.15, 0.2) is 6.04 Å². The van der Waals surface area contributed by atoms with Gasteiger partial charge in [-0.15, -0.1) is 0 Å². The van der Waals surface area contributed by atoms with E-state index in [4.69, 9.17) is 0 Å². The summed E-state index contributed by atoms with van der Waals surface area (Å²) < 4.78 is 0. The molecule has 1 aliphatic heterocycles. The van der Waals surface area contributed by atoms with Crippen LogP contribution in [0.3, 0.4) is 0 Å². The topological polar surface area (TPSA) is 57.6 Å². The lowest BCUT2D eigenvalue weighted by atomic mass is 9.92. The van der Waals surface area contributed by atoms with Gasteiger partial charge in [0.25, 0.3) is 5.91 Å². The van der Waals surface area contributed by atoms with E-state index in [2.05, 4.69) is 0 Å². The van der Waals surface area contributed by atoms with E-state index in [0.29, 0.717) is 24.1 Å². The molecule has 0 aliphatic carbocycles. The molecule has 4 nitrogen and oxygen atoms in total. The molecule has 2 aromatic rings. The summed E-state index contributed by atoms with van der Waals surface area (Å²) in [6.07, 6.45) is 0.677. The molecular weight excluding hydrogens is 290 g/mol. The van der Waals surface area contributed by atoms with Crippen LogP contribution in [-0.4, -0.2) is 28.4 Å². The van der Waals surface area contributed by atoms with E-state index in [9.17, 15) is 14.7 Å². The third kappa shape index (κ3) is 2.72. The first-order chi connectivity index (χ1) is 11.0. The Hall–Kier alpha value is -2.62. The predicted molar refractivity (Wildman–Crippen MR) is 87.5 cm³/mol. The van der Waals surface area contributed by atoms with Crippen molar-refractivity contribution in [2.75, 3.05) is 6.54 Å². The highest BCUT2D eigenvalue weighted by Gasteiger charge is 2.36. The number of hydrogen-bond acceptors (Lipinski definition) is 2. The van der Waals surface area contributed by atoms with Crippen molar-refractivity contribution in [2.24, 2.45) is 0 Å². The normalized spacial score (nSPS) is 16.8. The Morgan fingerprint density at radius 1 is 1.09 bits per heavy atom. The zero-order chi connectivity index (χ0) is 16.6. The number of nitrogens with zero attached hydrogens (tertiary/aromatic N) is 1. The Labute approximate surface area is 135 Å². The van der Waals surface area contributed by atoms with Crippen LogP contribution in [0.1, 0.15) is 38.7 Å². The standard InChI is InChI=1S/C19H19NO3/c1-12-7-8-15(11-13(12)2)18(21)20-10-9-14-5-3-4-6-16(14)17(20)19(22)23/h3-8,11,17H,9-10H2,1-2H3,(H,22,23). The average Bonchev–Trinajstić information content (AvgIpc) is 2.55. The smallest absolute Gasteiger partial charge is 0.331 e. The van der Waals surface area contributed by atoms with E-state index in [1.165, 1.54) is 4.90 Å². The molecular formula is C19H19NO3. The number of carboxylic acid groups (broad SMARTS) is 1. The fourth-order valence-corrected chi connectivity index (χ4v) is 3.09. The van der Waals surface area contributed by atoms with Crippen LogP contribution in [0.15, 0.2) is 42.5 Å². The minimum absolute atomic E-state index is 0.227. The Kier molecular flexibility index (Phi) is 3.90. The minimum atomic E-state index is -0.991. The third-order valence-corrected chi connectivity index (χ3v) is 4.53. The van der Waals surface area contributed by atoms with Crippen molar-refractivity contribution in [2.45, 2.75) is 26.3 Å². The summed E-state index contributed by atoms with van der Waals surface area (Å²) in [7, 11) is 0. The molecule has 0 radical (unpaired) electrons. The van der Waals surface area contributed by atoms with Gasteiger partial charge >= 0.3 is 5.97 Å². The summed E-state index contributed by atoms with van der Waals surface area (Å²) in [5, 5.41) is 9.66. The van der Waals surface area contributed by atoms with Crippen LogP contribution in [0.5, 0.6) is 0 Å². The van der Waals surface area contributed by atoms with E-state index in [-0.39, 0.29) is 5.91 Å². The zero-order valence-corrected chi connectivity index (χ0v) is 13.2. The molecule has 0 saturated carbocycles. The van der Waals surface area contributed by atoms with E-state index in [1.54, 1.807) is 12.1 Å². The molecule has 1 atom stereocenters. The number of benzene rings is 2. The predicted octanol–water partition coefficient (Wildman–Crippen LogP) is 3.13. The molecule has 0 saturated heterocycles. The van der Waals surface area contributed by atoms with Gasteiger partial charge in [-0.1, -0.05) is 30.3 Å². The van der Waals surface area contributed by atoms with Gasteiger partial charge in [0.05, 0.1) is 0 Å². The third-order valence-electron chi connectivity index (χ3n) is 4.53. The molecule has 1 heterocycles. The van der Waals surface area contributed by atoms with Crippen molar-refractivity contribution in [3.63, 3.8) is 0 Å². The van der Waals surface area contributed by atoms with Gasteiger partial charge in [0.2, 0.25) is 0 Å². The Bertz CT molecular complexity index is 782. The molecule has 0 bridgehead atoms. The van der Waals surface area contributed by atoms with Crippen LogP contribution in [0.25, 0.3) is 0 Å². The van der Waals surface area contributed by atoms with Gasteiger partial charge in [0, 0.05) is 12.1 Å². The molecule has 1 aliphatic rings. The van der Waals surface area contributed by atoms with E-state index in [1.807, 2.05) is 44.2 Å². The minimum Gasteiger partial charge on any atom is -0.479 e. The average molecular weight is 309 g/mol. The van der Waals surface area contributed by atoms with Crippen LogP contribution in [-0.2, 0) is 11.2 Å². The van der Waals surface area contributed by atoms with Gasteiger partial charge in [0.1, 0.15) is 0 Å². The largest absolute Gasteiger partial charge is 0.479 e. The number of aryl methyl sites for hydroxylation is 2. The SMILES string of the molecule is Cc1ccc(C(=O)N2CCc3ccccc3C2C(=O)O)cc1C. The first-order valence-corrected chi connectivity index (χ1v) is 7.68. The summed E-state index contributed by atoms with van der Waals surface area (Å²) in [6.45, 7) is 4.35. The van der Waals surface area contributed by atoms with Crippen LogP contribution < -0.4 is 0 Å². The monoisotopic (exact) mass is 309 g/mol. The van der Waals surface area contributed by atoms with Crippen molar-refractivity contribution >= 4 is 11.9 Å². The van der Waals surface area contributed by atoms with Crippen molar-refractivity contribution < 1.29 is 14.7 Å². The summed E-state index contributed by atoms with van der Waals surface area (Å²) in [5.74, 6) is -1.22. The Morgan fingerprint density at radius 3 is 2.52 bits per heavy atom. The quantitative estimate of drug-likeness (QED) is 0.927. The van der Waals surface area contributed by atoms with Gasteiger partial charge in [-0.25, -0.2) is 4.79 Å². The zero-order valence-electron chi connectivity index (χ0n) is 13.2. The van der Waals surface area contributed by atoms with Crippen molar-refractivity contribution in [3.8, 4) is 0 Å². The molecule has 2 aromatic carbocycles. The number of carbonyl (C=O) groups excluding carboxylic acids is 1. The highest BCUT2D eigenvalue weighted by Crippen LogP contribution is 2.31. The van der Waals surface area contributed by atoms with E-state index >= 15 is 0 Å². The maximum Gasteiger partial charge on any atom is 0.331 e. The fraction of sp³-hybridized carbons (Fsp3) is 0.263. The molecule has 23 heavy (non-hydrogen) atoms. The maximum absolute atomic E-state index is 12.9. The number of hydrogen-bond donors (Lipinski definition) is 1. The molecule has 1 N–H and O–H groups in total. The summed E-state index contributed by atoms with van der Waals surface area (Å²) in [4.78, 5) is 26.1. The molecule has 0 fully saturated rings. The highest BCUT2D eigenvalue weighted by atomic mass is 16.4. The number of carbonyl (C=O) groups is 2. The molecule has 4 heteroatoms. The first kappa shape index (κ1) is 15.3. The lowest BCUT2D eigenvalue weighted by Crippen LogP contribution is -2.43. The van der Waals surface area contributed by atoms with E-state index < -0.39 is 12.0 Å². The van der Waals surface area contributed by atoms with Crippen molar-refractivity contribution in [1.29, 1.82) is 0 Å². The second-order valence-electron chi connectivity index (χ2n) is 5.99. The molecule has 1 amide bonds. The molecule has 1 unspecified atom stereocenters. The number of aliphatic carboxylic acids is 1. The summed E-state index contributed by atoms with van der Waals surface area (Å²) in [5.41, 5.74) is 4.40. The van der Waals surface area contributed by atoms with E-state index in [0.717, 1.165) is 16.7 Å².